The standard InChI is InChI=1S/C15H27N3O/c1-12(2)18-11-16-9-14(18)10-17(5)13-6-7-19-15(3,4)8-13/h9,11-13H,6-8,10H2,1-5H3. The Kier molecular flexibility index (Phi) is 4.31. The van der Waals surface area contributed by atoms with Crippen molar-refractivity contribution in [2.24, 2.45) is 0 Å². The minimum absolute atomic E-state index is 0.00939. The minimum atomic E-state index is 0.00939. The third-order valence-electron chi connectivity index (χ3n) is 4.01. The van der Waals surface area contributed by atoms with E-state index in [1.54, 1.807) is 0 Å². The zero-order valence-electron chi connectivity index (χ0n) is 12.9. The molecule has 1 fully saturated rings. The molecule has 0 amide bonds. The number of nitrogens with zero attached hydrogens (tertiary/aromatic N) is 3. The van der Waals surface area contributed by atoms with E-state index >= 15 is 0 Å². The average molecular weight is 265 g/mol. The summed E-state index contributed by atoms with van der Waals surface area (Å²) in [7, 11) is 2.21. The van der Waals surface area contributed by atoms with Gasteiger partial charge in [-0.1, -0.05) is 0 Å². The Labute approximate surface area is 116 Å². The van der Waals surface area contributed by atoms with Gasteiger partial charge in [0.25, 0.3) is 0 Å². The molecule has 1 aromatic heterocycles. The summed E-state index contributed by atoms with van der Waals surface area (Å²) in [5.74, 6) is 0. The van der Waals surface area contributed by atoms with Gasteiger partial charge < -0.3 is 9.30 Å². The number of rotatable bonds is 4. The molecule has 1 saturated heterocycles. The maximum absolute atomic E-state index is 5.80. The lowest BCUT2D eigenvalue weighted by Gasteiger charge is -2.39. The Balaban J connectivity index is 2.00. The van der Waals surface area contributed by atoms with E-state index in [-0.39, 0.29) is 5.60 Å². The van der Waals surface area contributed by atoms with Crippen LogP contribution in [0.5, 0.6) is 0 Å². The molecular formula is C15H27N3O. The van der Waals surface area contributed by atoms with Crippen molar-refractivity contribution >= 4 is 0 Å². The van der Waals surface area contributed by atoms with Gasteiger partial charge in [0.1, 0.15) is 0 Å². The third kappa shape index (κ3) is 3.57. The van der Waals surface area contributed by atoms with Gasteiger partial charge in [-0.15, -0.1) is 0 Å². The van der Waals surface area contributed by atoms with E-state index in [1.165, 1.54) is 5.69 Å². The van der Waals surface area contributed by atoms with E-state index in [2.05, 4.69) is 49.2 Å². The van der Waals surface area contributed by atoms with Crippen molar-refractivity contribution in [3.63, 3.8) is 0 Å². The minimum Gasteiger partial charge on any atom is -0.375 e. The molecule has 0 radical (unpaired) electrons. The highest BCUT2D eigenvalue weighted by atomic mass is 16.5. The molecule has 1 atom stereocenters. The average Bonchev–Trinajstić information content (AvgIpc) is 2.75. The first-order valence-electron chi connectivity index (χ1n) is 7.24. The first-order valence-corrected chi connectivity index (χ1v) is 7.24. The fourth-order valence-corrected chi connectivity index (χ4v) is 2.88. The van der Waals surface area contributed by atoms with Gasteiger partial charge in [-0.05, 0) is 47.6 Å². The topological polar surface area (TPSA) is 30.3 Å². The van der Waals surface area contributed by atoms with E-state index in [4.69, 9.17) is 4.74 Å². The van der Waals surface area contributed by atoms with Gasteiger partial charge in [-0.3, -0.25) is 4.90 Å². The normalized spacial score (nSPS) is 23.2. The second-order valence-electron chi connectivity index (χ2n) is 6.56. The molecule has 1 unspecified atom stereocenters. The van der Waals surface area contributed by atoms with E-state index < -0.39 is 0 Å². The highest BCUT2D eigenvalue weighted by molar-refractivity contribution is 5.00. The zero-order valence-corrected chi connectivity index (χ0v) is 12.9. The van der Waals surface area contributed by atoms with Crippen LogP contribution in [0.1, 0.15) is 52.3 Å². The summed E-state index contributed by atoms with van der Waals surface area (Å²) >= 11 is 0. The maximum atomic E-state index is 5.80. The number of imidazole rings is 1. The molecule has 0 N–H and O–H groups in total. The molecule has 108 valence electrons. The predicted molar refractivity (Wildman–Crippen MR) is 77.1 cm³/mol. The van der Waals surface area contributed by atoms with Gasteiger partial charge in [-0.2, -0.15) is 0 Å². The molecule has 2 heterocycles. The van der Waals surface area contributed by atoms with E-state index in [9.17, 15) is 0 Å². The van der Waals surface area contributed by atoms with Crippen LogP contribution in [0.15, 0.2) is 12.5 Å². The fourth-order valence-electron chi connectivity index (χ4n) is 2.88. The van der Waals surface area contributed by atoms with E-state index in [0.29, 0.717) is 12.1 Å². The van der Waals surface area contributed by atoms with E-state index in [0.717, 1.165) is 26.0 Å². The Morgan fingerprint density at radius 2 is 2.26 bits per heavy atom. The van der Waals surface area contributed by atoms with Crippen LogP contribution in [-0.2, 0) is 11.3 Å². The summed E-state index contributed by atoms with van der Waals surface area (Å²) in [5, 5.41) is 0. The van der Waals surface area contributed by atoms with Crippen LogP contribution in [-0.4, -0.2) is 39.7 Å². The van der Waals surface area contributed by atoms with Crippen molar-refractivity contribution in [2.75, 3.05) is 13.7 Å². The fraction of sp³-hybridized carbons (Fsp3) is 0.800. The van der Waals surface area contributed by atoms with Crippen molar-refractivity contribution in [3.8, 4) is 0 Å². The zero-order chi connectivity index (χ0) is 14.0. The van der Waals surface area contributed by atoms with Crippen molar-refractivity contribution in [1.29, 1.82) is 0 Å². The van der Waals surface area contributed by atoms with Crippen molar-refractivity contribution in [2.45, 2.75) is 64.8 Å². The van der Waals surface area contributed by atoms with Crippen LogP contribution in [0.25, 0.3) is 0 Å². The molecule has 0 saturated carbocycles. The molecule has 2 rings (SSSR count). The van der Waals surface area contributed by atoms with Crippen molar-refractivity contribution in [3.05, 3.63) is 18.2 Å². The summed E-state index contributed by atoms with van der Waals surface area (Å²) in [5.41, 5.74) is 1.30. The van der Waals surface area contributed by atoms with Crippen molar-refractivity contribution < 1.29 is 4.74 Å². The van der Waals surface area contributed by atoms with Gasteiger partial charge in [0.05, 0.1) is 17.6 Å². The molecule has 0 aliphatic carbocycles. The lowest BCUT2D eigenvalue weighted by atomic mass is 9.93. The number of aromatic nitrogens is 2. The quantitative estimate of drug-likeness (QED) is 0.838. The number of hydrogen-bond donors (Lipinski definition) is 0. The van der Waals surface area contributed by atoms with Crippen LogP contribution >= 0.6 is 0 Å². The SMILES string of the molecule is CC(C)n1cncc1CN(C)C1CCOC(C)(C)C1. The molecular weight excluding hydrogens is 238 g/mol. The van der Waals surface area contributed by atoms with Gasteiger partial charge in [0.2, 0.25) is 0 Å². The monoisotopic (exact) mass is 265 g/mol. The number of ether oxygens (including phenoxy) is 1. The maximum Gasteiger partial charge on any atom is 0.0951 e. The van der Waals surface area contributed by atoms with Gasteiger partial charge in [0, 0.05) is 31.4 Å². The highest BCUT2D eigenvalue weighted by Crippen LogP contribution is 2.27. The van der Waals surface area contributed by atoms with E-state index in [1.807, 2.05) is 12.5 Å². The Hall–Kier alpha value is -0.870. The third-order valence-corrected chi connectivity index (χ3v) is 4.01. The Bertz CT molecular complexity index is 411. The molecule has 1 aliphatic heterocycles. The highest BCUT2D eigenvalue weighted by Gasteiger charge is 2.31. The summed E-state index contributed by atoms with van der Waals surface area (Å²) in [6.07, 6.45) is 6.14. The largest absolute Gasteiger partial charge is 0.375 e. The van der Waals surface area contributed by atoms with Gasteiger partial charge in [-0.25, -0.2) is 4.98 Å². The van der Waals surface area contributed by atoms with Crippen LogP contribution in [0.2, 0.25) is 0 Å². The summed E-state index contributed by atoms with van der Waals surface area (Å²) in [6.45, 7) is 10.6. The summed E-state index contributed by atoms with van der Waals surface area (Å²) < 4.78 is 8.05. The van der Waals surface area contributed by atoms with Crippen LogP contribution < -0.4 is 0 Å². The summed E-state index contributed by atoms with van der Waals surface area (Å²) in [6, 6.07) is 1.07. The Morgan fingerprint density at radius 3 is 2.89 bits per heavy atom. The molecule has 19 heavy (non-hydrogen) atoms. The second kappa shape index (κ2) is 5.63. The van der Waals surface area contributed by atoms with Crippen LogP contribution in [0.4, 0.5) is 0 Å². The summed E-state index contributed by atoms with van der Waals surface area (Å²) in [4.78, 5) is 6.73. The van der Waals surface area contributed by atoms with Crippen LogP contribution in [0.3, 0.4) is 0 Å². The first kappa shape index (κ1) is 14.5. The molecule has 0 bridgehead atoms. The number of hydrogen-bond acceptors (Lipinski definition) is 3. The van der Waals surface area contributed by atoms with Gasteiger partial charge in [0.15, 0.2) is 0 Å². The molecule has 0 spiro atoms. The first-order chi connectivity index (χ1) is 8.89. The Morgan fingerprint density at radius 1 is 1.53 bits per heavy atom. The molecule has 4 nitrogen and oxygen atoms in total. The van der Waals surface area contributed by atoms with Crippen LogP contribution in [0, 0.1) is 0 Å². The predicted octanol–water partition coefficient (Wildman–Crippen LogP) is 2.85. The molecule has 1 aromatic rings. The lowest BCUT2D eigenvalue weighted by Crippen LogP contribution is -2.44. The smallest absolute Gasteiger partial charge is 0.0951 e. The molecule has 0 aromatic carbocycles. The van der Waals surface area contributed by atoms with Gasteiger partial charge >= 0.3 is 0 Å². The second-order valence-corrected chi connectivity index (χ2v) is 6.56. The molecule has 4 heteroatoms. The van der Waals surface area contributed by atoms with Crippen molar-refractivity contribution in [1.82, 2.24) is 14.5 Å². The molecule has 1 aliphatic rings. The lowest BCUT2D eigenvalue weighted by molar-refractivity contribution is -0.0811.